The van der Waals surface area contributed by atoms with Crippen molar-refractivity contribution in [1.29, 1.82) is 0 Å². The van der Waals surface area contributed by atoms with Crippen molar-refractivity contribution in [2.75, 3.05) is 0 Å². The summed E-state index contributed by atoms with van der Waals surface area (Å²) in [5.74, 6) is 1.45. The molecule has 1 unspecified atom stereocenters. The average Bonchev–Trinajstić information content (AvgIpc) is 3.59. The van der Waals surface area contributed by atoms with E-state index in [0.29, 0.717) is 18.7 Å². The van der Waals surface area contributed by atoms with Crippen molar-refractivity contribution < 1.29 is 62.1 Å². The fraction of sp³-hybridized carbons (Fsp3) is 0.273. The zero-order valence-corrected chi connectivity index (χ0v) is 27.6. The second kappa shape index (κ2) is 13.1. The Labute approximate surface area is 288 Å². The SMILES string of the molecule is CCCc1nc(CC)n(-c2ccc3c(c2)CC(C)O3)c(=O)c1Cc1ccc(-c2ccccc2-c2noc(=O)[nH]2)cc1.[H-].[K+]. The molecule has 0 saturated heterocycles. The number of nitrogens with one attached hydrogen (secondary N) is 1. The fourth-order valence-electron chi connectivity index (χ4n) is 5.61. The van der Waals surface area contributed by atoms with Gasteiger partial charge in [-0.25, -0.2) is 9.78 Å². The maximum absolute atomic E-state index is 14.2. The minimum atomic E-state index is -0.593. The van der Waals surface area contributed by atoms with Crippen LogP contribution < -0.4 is 67.4 Å². The molecule has 42 heavy (non-hydrogen) atoms. The quantitative estimate of drug-likeness (QED) is 0.280. The minimum Gasteiger partial charge on any atom is -1.00 e. The molecule has 0 amide bonds. The largest absolute Gasteiger partial charge is 1.00 e. The predicted molar refractivity (Wildman–Crippen MR) is 159 cm³/mol. The molecule has 210 valence electrons. The molecule has 0 radical (unpaired) electrons. The summed E-state index contributed by atoms with van der Waals surface area (Å²) in [5, 5.41) is 3.86. The zero-order chi connectivity index (χ0) is 28.5. The molecule has 9 heteroatoms. The van der Waals surface area contributed by atoms with Gasteiger partial charge in [-0.3, -0.25) is 18.9 Å². The van der Waals surface area contributed by atoms with Gasteiger partial charge in [0.1, 0.15) is 17.7 Å². The number of hydrogen-bond donors (Lipinski definition) is 1. The van der Waals surface area contributed by atoms with Gasteiger partial charge >= 0.3 is 57.1 Å². The van der Waals surface area contributed by atoms with E-state index >= 15 is 0 Å². The second-order valence-corrected chi connectivity index (χ2v) is 10.5. The van der Waals surface area contributed by atoms with Crippen LogP contribution in [0.15, 0.2) is 80.8 Å². The van der Waals surface area contributed by atoms with Crippen LogP contribution in [0.1, 0.15) is 56.8 Å². The van der Waals surface area contributed by atoms with Gasteiger partial charge in [0.05, 0.1) is 11.4 Å². The molecule has 0 spiro atoms. The Balaban J connectivity index is 0.00000212. The maximum Gasteiger partial charge on any atom is 1.00 e. The van der Waals surface area contributed by atoms with Gasteiger partial charge in [0.15, 0.2) is 5.82 Å². The van der Waals surface area contributed by atoms with Crippen LogP contribution in [0.25, 0.3) is 28.2 Å². The van der Waals surface area contributed by atoms with E-state index in [1.807, 2.05) is 67.6 Å². The number of hydrogen-bond acceptors (Lipinski definition) is 6. The molecule has 0 saturated carbocycles. The molecule has 5 aromatic rings. The van der Waals surface area contributed by atoms with Gasteiger partial charge in [-0.2, -0.15) is 0 Å². The predicted octanol–water partition coefficient (Wildman–Crippen LogP) is 2.79. The minimum absolute atomic E-state index is 0. The molecule has 3 heterocycles. The third kappa shape index (κ3) is 6.02. The maximum atomic E-state index is 14.2. The van der Waals surface area contributed by atoms with Gasteiger partial charge in [-0.15, -0.1) is 0 Å². The summed E-state index contributed by atoms with van der Waals surface area (Å²) in [6.07, 6.45) is 3.75. The van der Waals surface area contributed by atoms with Crippen molar-refractivity contribution in [2.45, 2.75) is 59.0 Å². The smallest absolute Gasteiger partial charge is 1.00 e. The number of benzene rings is 3. The second-order valence-electron chi connectivity index (χ2n) is 10.5. The Morgan fingerprint density at radius 3 is 2.48 bits per heavy atom. The van der Waals surface area contributed by atoms with Gasteiger partial charge in [0.25, 0.3) is 5.56 Å². The van der Waals surface area contributed by atoms with E-state index in [9.17, 15) is 9.59 Å². The molecule has 2 aromatic heterocycles. The van der Waals surface area contributed by atoms with Crippen LogP contribution >= 0.6 is 0 Å². The summed E-state index contributed by atoms with van der Waals surface area (Å²) in [4.78, 5) is 33.3. The van der Waals surface area contributed by atoms with Crippen molar-refractivity contribution in [3.8, 4) is 34.0 Å². The van der Waals surface area contributed by atoms with E-state index in [4.69, 9.17) is 14.2 Å². The summed E-state index contributed by atoms with van der Waals surface area (Å²) in [7, 11) is 0. The standard InChI is InChI=1S/C33H32N4O4.K.H/c1-4-8-28-27(32(38)37(30(5-2)34-28)24-15-16-29-23(19-24)17-20(3)40-29)18-21-11-13-22(14-12-21)25-9-6-7-10-26(25)31-35-33(39)41-36-31;;/h6-7,9-16,19-20H,4-5,8,17-18H2,1-3H3,(H,35,36,39);;/q;+1;-1. The third-order valence-corrected chi connectivity index (χ3v) is 7.54. The number of aromatic amines is 1. The van der Waals surface area contributed by atoms with Crippen LogP contribution in [0.3, 0.4) is 0 Å². The average molecular weight is 589 g/mol. The summed E-state index contributed by atoms with van der Waals surface area (Å²) in [6.45, 7) is 6.21. The number of aromatic nitrogens is 4. The van der Waals surface area contributed by atoms with Crippen molar-refractivity contribution in [3.63, 3.8) is 0 Å². The molecule has 0 bridgehead atoms. The number of fused-ring (bicyclic) bond motifs is 1. The molecule has 6 rings (SSSR count). The summed E-state index contributed by atoms with van der Waals surface area (Å²) in [6, 6.07) is 21.8. The molecule has 0 aliphatic carbocycles. The van der Waals surface area contributed by atoms with E-state index in [2.05, 4.69) is 30.1 Å². The molecule has 1 N–H and O–H groups in total. The Kier molecular flexibility index (Phi) is 9.44. The Morgan fingerprint density at radius 2 is 1.79 bits per heavy atom. The first-order valence-electron chi connectivity index (χ1n) is 14.1. The first kappa shape index (κ1) is 30.4. The Hall–Kier alpha value is -3.08. The molecule has 0 fully saturated rings. The van der Waals surface area contributed by atoms with Gasteiger partial charge in [0, 0.05) is 30.4 Å². The van der Waals surface area contributed by atoms with Crippen molar-refractivity contribution >= 4 is 0 Å². The first-order valence-corrected chi connectivity index (χ1v) is 14.1. The van der Waals surface area contributed by atoms with Crippen molar-refractivity contribution in [1.82, 2.24) is 19.7 Å². The van der Waals surface area contributed by atoms with Crippen LogP contribution in [0, 0.1) is 0 Å². The molecule has 1 atom stereocenters. The molecule has 1 aliphatic heterocycles. The number of aryl methyl sites for hydroxylation is 2. The Bertz CT molecular complexity index is 1850. The van der Waals surface area contributed by atoms with E-state index in [-0.39, 0.29) is 64.5 Å². The topological polar surface area (TPSA) is 103 Å². The van der Waals surface area contributed by atoms with Crippen LogP contribution in [-0.2, 0) is 25.7 Å². The molecule has 1 aliphatic rings. The van der Waals surface area contributed by atoms with Crippen LogP contribution in [0.5, 0.6) is 5.75 Å². The number of rotatable bonds is 8. The summed E-state index contributed by atoms with van der Waals surface area (Å²) < 4.78 is 12.4. The monoisotopic (exact) mass is 588 g/mol. The number of nitrogens with zero attached hydrogens (tertiary/aromatic N) is 3. The van der Waals surface area contributed by atoms with Gasteiger partial charge < -0.3 is 6.16 Å². The molecular formula is C33H33KN4O4. The van der Waals surface area contributed by atoms with Crippen LogP contribution in [0.2, 0.25) is 0 Å². The molecule has 8 nitrogen and oxygen atoms in total. The van der Waals surface area contributed by atoms with Gasteiger partial charge in [-0.1, -0.05) is 74.0 Å². The van der Waals surface area contributed by atoms with Crippen molar-refractivity contribution in [3.05, 3.63) is 116 Å². The first-order chi connectivity index (χ1) is 19.9. The van der Waals surface area contributed by atoms with Gasteiger partial charge in [-0.05, 0) is 53.8 Å². The third-order valence-electron chi connectivity index (χ3n) is 7.54. The molecular weight excluding hydrogens is 555 g/mol. The van der Waals surface area contributed by atoms with E-state index in [0.717, 1.165) is 75.6 Å². The van der Waals surface area contributed by atoms with Gasteiger partial charge in [0.2, 0.25) is 0 Å². The fourth-order valence-corrected chi connectivity index (χ4v) is 5.61. The van der Waals surface area contributed by atoms with Crippen LogP contribution in [-0.4, -0.2) is 25.8 Å². The van der Waals surface area contributed by atoms with Crippen LogP contribution in [0.4, 0.5) is 0 Å². The molecule has 3 aromatic carbocycles. The number of H-pyrrole nitrogens is 1. The number of ether oxygens (including phenoxy) is 1. The zero-order valence-electron chi connectivity index (χ0n) is 25.4. The summed E-state index contributed by atoms with van der Waals surface area (Å²) >= 11 is 0. The van der Waals surface area contributed by atoms with E-state index in [1.165, 1.54) is 0 Å². The Morgan fingerprint density at radius 1 is 1.02 bits per heavy atom. The van der Waals surface area contributed by atoms with Crippen molar-refractivity contribution in [2.24, 2.45) is 0 Å². The van der Waals surface area contributed by atoms with E-state index in [1.54, 1.807) is 4.57 Å². The van der Waals surface area contributed by atoms with E-state index < -0.39 is 5.76 Å². The normalized spacial score (nSPS) is 13.8. The summed E-state index contributed by atoms with van der Waals surface area (Å²) in [5.41, 5.74) is 7.20.